The van der Waals surface area contributed by atoms with E-state index in [1.165, 1.54) is 0 Å². The minimum absolute atomic E-state index is 0.167. The number of furan rings is 1. The fourth-order valence-corrected chi connectivity index (χ4v) is 4.13. The summed E-state index contributed by atoms with van der Waals surface area (Å²) >= 11 is -1.80. The van der Waals surface area contributed by atoms with Gasteiger partial charge in [0.25, 0.3) is 17.1 Å². The number of amides is 1. The fraction of sp³-hybridized carbons (Fsp3) is 0.381. The predicted octanol–water partition coefficient (Wildman–Crippen LogP) is 2.31. The summed E-state index contributed by atoms with van der Waals surface area (Å²) in [6.07, 6.45) is 0.695. The zero-order chi connectivity index (χ0) is 22.7. The lowest BCUT2D eigenvalue weighted by Crippen LogP contribution is -2.40. The average molecular weight is 460 g/mol. The second-order valence-electron chi connectivity index (χ2n) is 7.40. The first-order chi connectivity index (χ1) is 15.5. The number of hydrogen-bond acceptors (Lipinski definition) is 7. The molecule has 1 fully saturated rings. The number of ether oxygens (including phenoxy) is 1. The highest BCUT2D eigenvalue weighted by molar-refractivity contribution is 7.83. The summed E-state index contributed by atoms with van der Waals surface area (Å²) in [6.45, 7) is 5.71. The van der Waals surface area contributed by atoms with Gasteiger partial charge in [-0.05, 0) is 37.6 Å². The van der Waals surface area contributed by atoms with Gasteiger partial charge in [0.05, 0.1) is 30.5 Å². The van der Waals surface area contributed by atoms with Crippen molar-refractivity contribution < 1.29 is 23.3 Å². The molecule has 11 heteroatoms. The molecule has 0 aliphatic carbocycles. The molecule has 0 saturated carbocycles. The number of anilines is 1. The molecule has 1 saturated heterocycles. The molecule has 3 heterocycles. The first-order valence-electron chi connectivity index (χ1n) is 10.3. The van der Waals surface area contributed by atoms with Crippen LogP contribution in [-0.4, -0.2) is 58.1 Å². The first kappa shape index (κ1) is 22.0. The Balaban J connectivity index is 1.53. The third-order valence-corrected chi connectivity index (χ3v) is 5.88. The van der Waals surface area contributed by atoms with E-state index in [0.29, 0.717) is 32.7 Å². The van der Waals surface area contributed by atoms with Crippen LogP contribution in [0.2, 0.25) is 0 Å². The van der Waals surface area contributed by atoms with Crippen molar-refractivity contribution in [2.75, 3.05) is 31.6 Å². The molecule has 1 aromatic carbocycles. The Morgan fingerprint density at radius 3 is 2.66 bits per heavy atom. The topological polar surface area (TPSA) is 129 Å². The van der Waals surface area contributed by atoms with Crippen LogP contribution >= 0.6 is 0 Å². The quantitative estimate of drug-likeness (QED) is 0.585. The molecule has 1 aromatic heterocycles. The van der Waals surface area contributed by atoms with Gasteiger partial charge in [0.15, 0.2) is 17.4 Å². The molecule has 0 spiro atoms. The van der Waals surface area contributed by atoms with Gasteiger partial charge in [-0.15, -0.1) is 8.80 Å². The zero-order valence-electron chi connectivity index (χ0n) is 17.8. The molecule has 0 radical (unpaired) electrons. The maximum absolute atomic E-state index is 12.8. The van der Waals surface area contributed by atoms with Gasteiger partial charge < -0.3 is 29.8 Å². The molecule has 2 atom stereocenters. The molecular weight excluding hydrogens is 434 g/mol. The van der Waals surface area contributed by atoms with Gasteiger partial charge in [0.2, 0.25) is 0 Å². The molecule has 32 heavy (non-hydrogen) atoms. The molecule has 2 aliphatic rings. The van der Waals surface area contributed by atoms with Crippen LogP contribution in [0.3, 0.4) is 0 Å². The van der Waals surface area contributed by atoms with Crippen LogP contribution in [-0.2, 0) is 15.9 Å². The van der Waals surface area contributed by atoms with Crippen LogP contribution in [0.5, 0.6) is 5.75 Å². The Morgan fingerprint density at radius 2 is 1.97 bits per heavy atom. The number of aromatic hydroxyl groups is 1. The van der Waals surface area contributed by atoms with Crippen LogP contribution in [0.1, 0.15) is 41.3 Å². The third kappa shape index (κ3) is 4.68. The first-order valence-corrected chi connectivity index (χ1v) is 11.4. The van der Waals surface area contributed by atoms with Crippen molar-refractivity contribution in [1.82, 2.24) is 10.2 Å². The molecule has 3 N–H and O–H groups in total. The molecule has 2 aromatic rings. The lowest BCUT2D eigenvalue weighted by molar-refractivity contribution is 0.0301. The Bertz CT molecular complexity index is 1090. The van der Waals surface area contributed by atoms with Crippen molar-refractivity contribution in [2.45, 2.75) is 26.3 Å². The second-order valence-corrected chi connectivity index (χ2v) is 8.22. The Kier molecular flexibility index (Phi) is 6.56. The number of phenolic OH excluding ortho intramolecular Hbond substituents is 1. The van der Waals surface area contributed by atoms with Crippen molar-refractivity contribution in [3.05, 3.63) is 47.4 Å². The standard InChI is InChI=1S/C21H25N5O5S/c1-3-15(17-8-7-13(2)31-17)22-19-20(25-32(29)24-19)23-16-6-4-5-14(18(16)27)21(28)26-9-11-30-12-10-26/h4-8,15,27H,3,9-12H2,1-2H3,(H,22,24)(H,23,25)/t15-,32?/m1/s1. The number of morpholine rings is 1. The van der Waals surface area contributed by atoms with Crippen molar-refractivity contribution >= 4 is 34.4 Å². The van der Waals surface area contributed by atoms with E-state index >= 15 is 0 Å². The van der Waals surface area contributed by atoms with E-state index in [1.807, 2.05) is 26.0 Å². The number of nitrogens with zero attached hydrogens (tertiary/aromatic N) is 3. The number of benzene rings is 1. The molecule has 1 amide bonds. The molecule has 1 unspecified atom stereocenters. The van der Waals surface area contributed by atoms with E-state index in [0.717, 1.165) is 11.5 Å². The molecule has 10 nitrogen and oxygen atoms in total. The van der Waals surface area contributed by atoms with E-state index in [2.05, 4.69) is 19.4 Å². The summed E-state index contributed by atoms with van der Waals surface area (Å²) in [6, 6.07) is 8.38. The molecule has 170 valence electrons. The van der Waals surface area contributed by atoms with E-state index in [-0.39, 0.29) is 40.6 Å². The van der Waals surface area contributed by atoms with Gasteiger partial charge in [-0.1, -0.05) is 13.0 Å². The zero-order valence-corrected chi connectivity index (χ0v) is 18.6. The summed E-state index contributed by atoms with van der Waals surface area (Å²) in [5.41, 5.74) is 0.429. The van der Waals surface area contributed by atoms with Crippen LogP contribution in [0.4, 0.5) is 5.69 Å². The Labute approximate surface area is 188 Å². The molecule has 2 aliphatic heterocycles. The molecule has 4 rings (SSSR count). The van der Waals surface area contributed by atoms with Crippen LogP contribution < -0.4 is 10.6 Å². The third-order valence-electron chi connectivity index (χ3n) is 5.20. The number of para-hydroxylation sites is 1. The van der Waals surface area contributed by atoms with Crippen LogP contribution in [0.25, 0.3) is 0 Å². The molecular formula is C21H25N5O5S. The van der Waals surface area contributed by atoms with Crippen molar-refractivity contribution in [3.63, 3.8) is 0 Å². The average Bonchev–Trinajstić information content (AvgIpc) is 3.38. The highest BCUT2D eigenvalue weighted by Crippen LogP contribution is 2.29. The number of rotatable bonds is 5. The normalized spacial score (nSPS) is 19.3. The van der Waals surface area contributed by atoms with Gasteiger partial charge in [-0.25, -0.2) is 4.21 Å². The van der Waals surface area contributed by atoms with E-state index in [4.69, 9.17) is 9.15 Å². The van der Waals surface area contributed by atoms with Gasteiger partial charge in [0.1, 0.15) is 11.5 Å². The summed E-state index contributed by atoms with van der Waals surface area (Å²) in [5.74, 6) is 1.52. The smallest absolute Gasteiger partial charge is 0.269 e. The number of phenols is 1. The van der Waals surface area contributed by atoms with Crippen LogP contribution in [0, 0.1) is 6.92 Å². The molecule has 0 bridgehead atoms. The Hall–Kier alpha value is -3.18. The van der Waals surface area contributed by atoms with E-state index in [9.17, 15) is 14.1 Å². The van der Waals surface area contributed by atoms with Crippen LogP contribution in [0.15, 0.2) is 43.5 Å². The maximum atomic E-state index is 12.8. The van der Waals surface area contributed by atoms with Crippen molar-refractivity contribution in [3.8, 4) is 5.75 Å². The Morgan fingerprint density at radius 1 is 1.22 bits per heavy atom. The van der Waals surface area contributed by atoms with Gasteiger partial charge in [-0.3, -0.25) is 4.79 Å². The lowest BCUT2D eigenvalue weighted by atomic mass is 10.1. The number of amidine groups is 2. The van der Waals surface area contributed by atoms with Crippen molar-refractivity contribution in [2.24, 2.45) is 8.80 Å². The van der Waals surface area contributed by atoms with E-state index < -0.39 is 11.2 Å². The largest absolute Gasteiger partial charge is 0.505 e. The number of carbonyl (C=O) groups excluding carboxylic acids is 1. The summed E-state index contributed by atoms with van der Waals surface area (Å²) < 4.78 is 31.1. The van der Waals surface area contributed by atoms with Gasteiger partial charge in [-0.2, -0.15) is 0 Å². The highest BCUT2D eigenvalue weighted by atomic mass is 32.2. The number of carbonyl (C=O) groups is 1. The number of aryl methyl sites for hydroxylation is 1. The van der Waals surface area contributed by atoms with Gasteiger partial charge >= 0.3 is 0 Å². The summed E-state index contributed by atoms with van der Waals surface area (Å²) in [4.78, 5) is 14.5. The van der Waals surface area contributed by atoms with Crippen molar-refractivity contribution in [1.29, 1.82) is 0 Å². The SMILES string of the molecule is CC[C@@H](NC1=NS(=O)N=C1Nc1cccc(C(=O)N2CCOCC2)c1O)c1ccc(C)o1. The minimum atomic E-state index is -1.80. The lowest BCUT2D eigenvalue weighted by Gasteiger charge is -2.27. The fourth-order valence-electron chi connectivity index (χ4n) is 3.50. The van der Waals surface area contributed by atoms with E-state index in [1.54, 1.807) is 23.1 Å². The second kappa shape index (κ2) is 9.53. The number of nitrogens with one attached hydrogen (secondary N) is 2. The number of hydrogen-bond donors (Lipinski definition) is 3. The minimum Gasteiger partial charge on any atom is -0.505 e. The summed E-state index contributed by atoms with van der Waals surface area (Å²) in [5, 5.41) is 16.9. The highest BCUT2D eigenvalue weighted by Gasteiger charge is 2.26. The predicted molar refractivity (Wildman–Crippen MR) is 121 cm³/mol. The maximum Gasteiger partial charge on any atom is 0.269 e. The summed E-state index contributed by atoms with van der Waals surface area (Å²) in [7, 11) is 0. The van der Waals surface area contributed by atoms with Gasteiger partial charge in [0, 0.05) is 13.1 Å². The monoisotopic (exact) mass is 459 g/mol.